The molecule has 0 aromatic heterocycles. The molecule has 0 unspecified atom stereocenters. The Hall–Kier alpha value is -1.65. The van der Waals surface area contributed by atoms with Gasteiger partial charge >= 0.3 is 0 Å². The van der Waals surface area contributed by atoms with Crippen LogP contribution < -0.4 is 5.32 Å². The first-order chi connectivity index (χ1) is 13.4. The van der Waals surface area contributed by atoms with Crippen LogP contribution in [0.15, 0.2) is 12.2 Å². The van der Waals surface area contributed by atoms with Crippen LogP contribution in [0.5, 0.6) is 0 Å². The summed E-state index contributed by atoms with van der Waals surface area (Å²) < 4.78 is 0. The standard InChI is InChI=1S/C23H32N2O3/c1-14(23-11-15-8-16(12-23)10-17(9-15)13-23)24-20(26)6-7-25-21(27)18-4-2-3-5-19(18)22(25)28/h2-3,14-19H,4-13H2,1H3,(H,24,26)/t14-,15?,16?,17?,18-,19-,23?/m0/s1. The molecule has 5 heteroatoms. The number of likely N-dealkylation sites (tertiary alicyclic amines) is 1. The number of amides is 3. The molecule has 3 amide bonds. The lowest BCUT2D eigenvalue weighted by molar-refractivity contribution is -0.140. The fourth-order valence-corrected chi connectivity index (χ4v) is 7.48. The summed E-state index contributed by atoms with van der Waals surface area (Å²) in [5.41, 5.74) is 0.282. The van der Waals surface area contributed by atoms with E-state index in [2.05, 4.69) is 12.2 Å². The number of nitrogens with zero attached hydrogens (tertiary/aromatic N) is 1. The molecule has 0 radical (unpaired) electrons. The Morgan fingerprint density at radius 1 is 1.04 bits per heavy atom. The number of hydrogen-bond donors (Lipinski definition) is 1. The van der Waals surface area contributed by atoms with Gasteiger partial charge in [0.15, 0.2) is 0 Å². The number of nitrogens with one attached hydrogen (secondary N) is 1. The molecule has 0 spiro atoms. The predicted octanol–water partition coefficient (Wildman–Crippen LogP) is 3.05. The third-order valence-corrected chi connectivity index (χ3v) is 8.54. The second kappa shape index (κ2) is 6.70. The molecule has 1 N–H and O–H groups in total. The summed E-state index contributed by atoms with van der Waals surface area (Å²) in [7, 11) is 0. The number of hydrogen-bond acceptors (Lipinski definition) is 3. The van der Waals surface area contributed by atoms with Crippen molar-refractivity contribution in [3.05, 3.63) is 12.2 Å². The normalized spacial score (nSPS) is 42.0. The molecule has 6 rings (SSSR count). The number of rotatable bonds is 5. The van der Waals surface area contributed by atoms with E-state index < -0.39 is 0 Å². The largest absolute Gasteiger partial charge is 0.353 e. The lowest BCUT2D eigenvalue weighted by Crippen LogP contribution is -2.56. The van der Waals surface area contributed by atoms with Crippen molar-refractivity contribution in [1.29, 1.82) is 0 Å². The van der Waals surface area contributed by atoms with Gasteiger partial charge in [-0.25, -0.2) is 0 Å². The maximum atomic E-state index is 12.7. The highest BCUT2D eigenvalue weighted by Gasteiger charge is 2.53. The zero-order valence-electron chi connectivity index (χ0n) is 16.9. The van der Waals surface area contributed by atoms with Crippen molar-refractivity contribution in [2.24, 2.45) is 35.0 Å². The first kappa shape index (κ1) is 18.4. The molecule has 0 aromatic carbocycles. The Kier molecular flexibility index (Phi) is 4.40. The van der Waals surface area contributed by atoms with Gasteiger partial charge in [-0.1, -0.05) is 12.2 Å². The van der Waals surface area contributed by atoms with Gasteiger partial charge < -0.3 is 5.32 Å². The van der Waals surface area contributed by atoms with Crippen molar-refractivity contribution < 1.29 is 14.4 Å². The lowest BCUT2D eigenvalue weighted by atomic mass is 9.48. The molecule has 1 heterocycles. The summed E-state index contributed by atoms with van der Waals surface area (Å²) in [6, 6.07) is 0.185. The second-order valence-corrected chi connectivity index (χ2v) is 10.3. The van der Waals surface area contributed by atoms with Crippen molar-refractivity contribution in [3.8, 4) is 0 Å². The number of carbonyl (C=O) groups excluding carboxylic acids is 3. The molecule has 4 bridgehead atoms. The van der Waals surface area contributed by atoms with Gasteiger partial charge in [-0.15, -0.1) is 0 Å². The average Bonchev–Trinajstić information content (AvgIpc) is 2.90. The van der Waals surface area contributed by atoms with Crippen molar-refractivity contribution in [2.75, 3.05) is 6.54 Å². The third-order valence-electron chi connectivity index (χ3n) is 8.54. The van der Waals surface area contributed by atoms with Gasteiger partial charge in [0.1, 0.15) is 0 Å². The number of carbonyl (C=O) groups is 3. The lowest BCUT2D eigenvalue weighted by Gasteiger charge is -2.59. The summed E-state index contributed by atoms with van der Waals surface area (Å²) in [5.74, 6) is 2.00. The fraction of sp³-hybridized carbons (Fsp3) is 0.783. The maximum absolute atomic E-state index is 12.7. The highest BCUT2D eigenvalue weighted by molar-refractivity contribution is 6.05. The summed E-state index contributed by atoms with van der Waals surface area (Å²) in [6.45, 7) is 2.40. The fourth-order valence-electron chi connectivity index (χ4n) is 7.48. The molecular formula is C23H32N2O3. The minimum Gasteiger partial charge on any atom is -0.353 e. The van der Waals surface area contributed by atoms with Crippen LogP contribution in [0.3, 0.4) is 0 Å². The molecule has 5 nitrogen and oxygen atoms in total. The van der Waals surface area contributed by atoms with Gasteiger partial charge in [0.25, 0.3) is 0 Å². The van der Waals surface area contributed by atoms with Gasteiger partial charge in [0.05, 0.1) is 11.8 Å². The van der Waals surface area contributed by atoms with Gasteiger partial charge in [-0.3, -0.25) is 19.3 Å². The molecule has 152 valence electrons. The van der Waals surface area contributed by atoms with Crippen LogP contribution in [0, 0.1) is 35.0 Å². The Bertz CT molecular complexity index is 666. The summed E-state index contributed by atoms with van der Waals surface area (Å²) >= 11 is 0. The van der Waals surface area contributed by atoms with E-state index in [-0.39, 0.29) is 54.0 Å². The molecule has 5 fully saturated rings. The summed E-state index contributed by atoms with van der Waals surface area (Å²) in [4.78, 5) is 39.1. The van der Waals surface area contributed by atoms with E-state index in [1.165, 1.54) is 43.4 Å². The van der Waals surface area contributed by atoms with E-state index in [9.17, 15) is 14.4 Å². The Morgan fingerprint density at radius 3 is 2.04 bits per heavy atom. The monoisotopic (exact) mass is 384 g/mol. The third kappa shape index (κ3) is 2.93. The first-order valence-corrected chi connectivity index (χ1v) is 11.2. The topological polar surface area (TPSA) is 66.5 Å². The van der Waals surface area contributed by atoms with E-state index in [4.69, 9.17) is 0 Å². The van der Waals surface area contributed by atoms with Gasteiger partial charge in [0.2, 0.25) is 17.7 Å². The molecule has 1 aliphatic heterocycles. The zero-order chi connectivity index (χ0) is 19.5. The van der Waals surface area contributed by atoms with Crippen LogP contribution in [0.1, 0.15) is 64.7 Å². The minimum absolute atomic E-state index is 0.0168. The average molecular weight is 385 g/mol. The van der Waals surface area contributed by atoms with Crippen LogP contribution in [-0.2, 0) is 14.4 Å². The highest BCUT2D eigenvalue weighted by Crippen LogP contribution is 2.61. The van der Waals surface area contributed by atoms with E-state index in [0.717, 1.165) is 17.8 Å². The van der Waals surface area contributed by atoms with Crippen molar-refractivity contribution in [1.82, 2.24) is 10.2 Å². The van der Waals surface area contributed by atoms with E-state index >= 15 is 0 Å². The molecule has 3 atom stereocenters. The SMILES string of the molecule is C[C@H](NC(=O)CCN1C(=O)[C@H]2CC=CC[C@@H]2C1=O)C12CC3CC(CC(C3)C1)C2. The van der Waals surface area contributed by atoms with Crippen LogP contribution in [0.4, 0.5) is 0 Å². The molecule has 0 aromatic rings. The van der Waals surface area contributed by atoms with Crippen LogP contribution in [0.25, 0.3) is 0 Å². The zero-order valence-corrected chi connectivity index (χ0v) is 16.9. The Morgan fingerprint density at radius 2 is 1.54 bits per heavy atom. The van der Waals surface area contributed by atoms with E-state index in [1.807, 2.05) is 12.2 Å². The van der Waals surface area contributed by atoms with Crippen LogP contribution in [-0.4, -0.2) is 35.2 Å². The van der Waals surface area contributed by atoms with Gasteiger partial charge in [-0.2, -0.15) is 0 Å². The Balaban J connectivity index is 1.17. The van der Waals surface area contributed by atoms with Crippen LogP contribution >= 0.6 is 0 Å². The van der Waals surface area contributed by atoms with E-state index in [1.54, 1.807) is 0 Å². The molecule has 6 aliphatic rings. The number of imide groups is 1. The maximum Gasteiger partial charge on any atom is 0.233 e. The number of allylic oxidation sites excluding steroid dienone is 2. The van der Waals surface area contributed by atoms with Crippen molar-refractivity contribution in [3.63, 3.8) is 0 Å². The van der Waals surface area contributed by atoms with Gasteiger partial charge in [0, 0.05) is 19.0 Å². The quantitative estimate of drug-likeness (QED) is 0.585. The predicted molar refractivity (Wildman–Crippen MR) is 105 cm³/mol. The minimum atomic E-state index is -0.202. The van der Waals surface area contributed by atoms with Gasteiger partial charge in [-0.05, 0) is 81.5 Å². The van der Waals surface area contributed by atoms with Crippen molar-refractivity contribution in [2.45, 2.75) is 70.8 Å². The van der Waals surface area contributed by atoms with Crippen LogP contribution in [0.2, 0.25) is 0 Å². The smallest absolute Gasteiger partial charge is 0.233 e. The van der Waals surface area contributed by atoms with Crippen molar-refractivity contribution >= 4 is 17.7 Å². The summed E-state index contributed by atoms with van der Waals surface area (Å²) in [6.07, 6.45) is 13.5. The first-order valence-electron chi connectivity index (χ1n) is 11.2. The Labute approximate surface area is 167 Å². The van der Waals surface area contributed by atoms with E-state index in [0.29, 0.717) is 12.8 Å². The molecular weight excluding hydrogens is 352 g/mol. The molecule has 1 saturated heterocycles. The second-order valence-electron chi connectivity index (χ2n) is 10.3. The molecule has 4 saturated carbocycles. The number of fused-ring (bicyclic) bond motifs is 1. The highest BCUT2D eigenvalue weighted by atomic mass is 16.2. The summed E-state index contributed by atoms with van der Waals surface area (Å²) in [5, 5.41) is 3.25. The molecule has 5 aliphatic carbocycles. The molecule has 28 heavy (non-hydrogen) atoms.